The predicted molar refractivity (Wildman–Crippen MR) is 330 cm³/mol. The van der Waals surface area contributed by atoms with Gasteiger partial charge < -0.3 is 14.2 Å². The highest BCUT2D eigenvalue weighted by atomic mass is 16.6. The van der Waals surface area contributed by atoms with Gasteiger partial charge in [0.2, 0.25) is 0 Å². The van der Waals surface area contributed by atoms with Gasteiger partial charge in [0, 0.05) is 19.3 Å². The Hall–Kier alpha value is -2.11. The van der Waals surface area contributed by atoms with E-state index in [9.17, 15) is 14.4 Å². The van der Waals surface area contributed by atoms with Crippen molar-refractivity contribution in [1.29, 1.82) is 0 Å². The molecular formula is C70H132O6. The average Bonchev–Trinajstić information content (AvgIpc) is 3.42. The Morgan fingerprint density at radius 2 is 0.474 bits per heavy atom. The van der Waals surface area contributed by atoms with Crippen LogP contribution >= 0.6 is 0 Å². The molecular weight excluding hydrogens is 937 g/mol. The van der Waals surface area contributed by atoms with Crippen molar-refractivity contribution < 1.29 is 28.6 Å². The first kappa shape index (κ1) is 73.9. The minimum Gasteiger partial charge on any atom is -0.462 e. The van der Waals surface area contributed by atoms with Gasteiger partial charge in [-0.3, -0.25) is 14.4 Å². The third-order valence-electron chi connectivity index (χ3n) is 15.7. The molecule has 0 amide bonds. The monoisotopic (exact) mass is 1070 g/mol. The standard InChI is InChI=1S/C70H132O6/c1-4-7-10-13-16-19-22-25-28-30-32-33-34-35-36-37-38-40-42-45-48-51-54-57-60-63-69(72)75-66-67(65-74-68(71)62-59-56-53-50-47-44-41-27-24-21-18-15-12-9-6-3)76-70(73)64-61-58-55-52-49-46-43-39-31-29-26-23-20-17-14-11-8-5-2/h18,21,27,41,67H,4-17,19-20,22-26,28-40,42-66H2,1-3H3/b21-18-,41-27-. The van der Waals surface area contributed by atoms with E-state index in [0.29, 0.717) is 19.3 Å². The summed E-state index contributed by atoms with van der Waals surface area (Å²) in [7, 11) is 0. The van der Waals surface area contributed by atoms with Crippen molar-refractivity contribution in [3.8, 4) is 0 Å². The molecule has 1 atom stereocenters. The summed E-state index contributed by atoms with van der Waals surface area (Å²) in [6.45, 7) is 6.68. The number of hydrogen-bond donors (Lipinski definition) is 0. The lowest BCUT2D eigenvalue weighted by molar-refractivity contribution is -0.167. The van der Waals surface area contributed by atoms with Crippen LogP contribution < -0.4 is 0 Å². The molecule has 0 aliphatic rings. The second-order valence-electron chi connectivity index (χ2n) is 23.5. The fraction of sp³-hybridized carbons (Fsp3) is 0.900. The highest BCUT2D eigenvalue weighted by Crippen LogP contribution is 2.19. The number of hydrogen-bond acceptors (Lipinski definition) is 6. The summed E-state index contributed by atoms with van der Waals surface area (Å²) >= 11 is 0. The maximum absolute atomic E-state index is 12.9. The van der Waals surface area contributed by atoms with Gasteiger partial charge in [-0.1, -0.05) is 340 Å². The zero-order valence-electron chi connectivity index (χ0n) is 51.6. The molecule has 0 aliphatic heterocycles. The predicted octanol–water partition coefficient (Wildman–Crippen LogP) is 23.4. The molecule has 0 saturated carbocycles. The first-order valence-corrected chi connectivity index (χ1v) is 34.3. The van der Waals surface area contributed by atoms with E-state index in [1.54, 1.807) is 0 Å². The number of allylic oxidation sites excluding steroid dienone is 4. The largest absolute Gasteiger partial charge is 0.462 e. The minimum absolute atomic E-state index is 0.0693. The third kappa shape index (κ3) is 62.7. The molecule has 1 unspecified atom stereocenters. The van der Waals surface area contributed by atoms with Crippen molar-refractivity contribution in [2.24, 2.45) is 0 Å². The topological polar surface area (TPSA) is 78.9 Å². The summed E-state index contributed by atoms with van der Waals surface area (Å²) in [6, 6.07) is 0. The first-order chi connectivity index (χ1) is 37.5. The lowest BCUT2D eigenvalue weighted by Crippen LogP contribution is -2.30. The van der Waals surface area contributed by atoms with E-state index in [-0.39, 0.29) is 31.1 Å². The number of carbonyl (C=O) groups excluding carboxylic acids is 3. The van der Waals surface area contributed by atoms with Gasteiger partial charge in [0.15, 0.2) is 6.10 Å². The Morgan fingerprint density at radius 3 is 0.750 bits per heavy atom. The zero-order valence-corrected chi connectivity index (χ0v) is 51.6. The molecule has 448 valence electrons. The van der Waals surface area contributed by atoms with Crippen molar-refractivity contribution >= 4 is 17.9 Å². The maximum atomic E-state index is 12.9. The molecule has 0 aromatic carbocycles. The van der Waals surface area contributed by atoms with Gasteiger partial charge in [0.25, 0.3) is 0 Å². The summed E-state index contributed by atoms with van der Waals surface area (Å²) in [5.74, 6) is -0.852. The first-order valence-electron chi connectivity index (χ1n) is 34.3. The zero-order chi connectivity index (χ0) is 55.0. The van der Waals surface area contributed by atoms with Gasteiger partial charge in [-0.15, -0.1) is 0 Å². The van der Waals surface area contributed by atoms with E-state index < -0.39 is 6.10 Å². The summed E-state index contributed by atoms with van der Waals surface area (Å²) < 4.78 is 17.0. The van der Waals surface area contributed by atoms with Gasteiger partial charge in [0.05, 0.1) is 0 Å². The SMILES string of the molecule is CCCCC/C=C\C/C=C\CCCCCCCC(=O)OCC(COC(=O)CCCCCCCCCCCCCCCCCCCCCCCCCCC)OC(=O)CCCCCCCCCCCCCCCCCCCC. The lowest BCUT2D eigenvalue weighted by atomic mass is 10.0. The van der Waals surface area contributed by atoms with Crippen LogP contribution in [0.4, 0.5) is 0 Å². The van der Waals surface area contributed by atoms with E-state index in [2.05, 4.69) is 45.1 Å². The molecule has 0 radical (unpaired) electrons. The van der Waals surface area contributed by atoms with Gasteiger partial charge in [-0.25, -0.2) is 0 Å². The fourth-order valence-electron chi connectivity index (χ4n) is 10.5. The fourth-order valence-corrected chi connectivity index (χ4v) is 10.5. The van der Waals surface area contributed by atoms with Crippen LogP contribution in [-0.4, -0.2) is 37.2 Å². The van der Waals surface area contributed by atoms with E-state index in [0.717, 1.165) is 77.0 Å². The van der Waals surface area contributed by atoms with Gasteiger partial charge in [-0.05, 0) is 51.4 Å². The molecule has 0 spiro atoms. The molecule has 0 aliphatic carbocycles. The van der Waals surface area contributed by atoms with Crippen LogP contribution in [0.5, 0.6) is 0 Å². The van der Waals surface area contributed by atoms with E-state index in [4.69, 9.17) is 14.2 Å². The normalized spacial score (nSPS) is 12.1. The molecule has 6 heteroatoms. The van der Waals surface area contributed by atoms with Crippen LogP contribution in [0.15, 0.2) is 24.3 Å². The highest BCUT2D eigenvalue weighted by molar-refractivity contribution is 5.71. The van der Waals surface area contributed by atoms with Crippen molar-refractivity contribution in [2.75, 3.05) is 13.2 Å². The summed E-state index contributed by atoms with van der Waals surface area (Å²) in [5, 5.41) is 0. The summed E-state index contributed by atoms with van der Waals surface area (Å²) in [6.07, 6.45) is 79.2. The van der Waals surface area contributed by atoms with Crippen LogP contribution in [0.2, 0.25) is 0 Å². The second-order valence-corrected chi connectivity index (χ2v) is 23.5. The Morgan fingerprint density at radius 1 is 0.263 bits per heavy atom. The number of esters is 3. The quantitative estimate of drug-likeness (QED) is 0.0261. The van der Waals surface area contributed by atoms with Crippen LogP contribution in [0.25, 0.3) is 0 Å². The Kier molecular flexibility index (Phi) is 63.6. The average molecular weight is 1070 g/mol. The molecule has 6 nitrogen and oxygen atoms in total. The Labute approximate surface area is 474 Å². The van der Waals surface area contributed by atoms with Crippen molar-refractivity contribution in [1.82, 2.24) is 0 Å². The summed E-state index contributed by atoms with van der Waals surface area (Å²) in [4.78, 5) is 38.4. The van der Waals surface area contributed by atoms with Crippen molar-refractivity contribution in [3.63, 3.8) is 0 Å². The van der Waals surface area contributed by atoms with Gasteiger partial charge in [0.1, 0.15) is 13.2 Å². The highest BCUT2D eigenvalue weighted by Gasteiger charge is 2.19. The Bertz CT molecular complexity index is 1230. The smallest absolute Gasteiger partial charge is 0.306 e. The lowest BCUT2D eigenvalue weighted by Gasteiger charge is -2.18. The number of carbonyl (C=O) groups is 3. The number of ether oxygens (including phenoxy) is 3. The number of unbranched alkanes of at least 4 members (excludes halogenated alkanes) is 49. The van der Waals surface area contributed by atoms with E-state index in [1.165, 1.54) is 270 Å². The van der Waals surface area contributed by atoms with Crippen LogP contribution in [0.1, 0.15) is 387 Å². The van der Waals surface area contributed by atoms with Gasteiger partial charge >= 0.3 is 17.9 Å². The second kappa shape index (κ2) is 65.4. The molecule has 0 aromatic rings. The van der Waals surface area contributed by atoms with Gasteiger partial charge in [-0.2, -0.15) is 0 Å². The van der Waals surface area contributed by atoms with E-state index in [1.807, 2.05) is 0 Å². The molecule has 0 saturated heterocycles. The number of rotatable bonds is 64. The van der Waals surface area contributed by atoms with Crippen molar-refractivity contribution in [3.05, 3.63) is 24.3 Å². The Balaban J connectivity index is 4.24. The van der Waals surface area contributed by atoms with E-state index >= 15 is 0 Å². The van der Waals surface area contributed by atoms with Crippen LogP contribution in [0, 0.1) is 0 Å². The summed E-state index contributed by atoms with van der Waals surface area (Å²) in [5.41, 5.74) is 0. The molecule has 0 heterocycles. The molecule has 0 N–H and O–H groups in total. The maximum Gasteiger partial charge on any atom is 0.306 e. The molecule has 0 aromatic heterocycles. The molecule has 0 fully saturated rings. The third-order valence-corrected chi connectivity index (χ3v) is 15.7. The van der Waals surface area contributed by atoms with Crippen molar-refractivity contribution in [2.45, 2.75) is 393 Å². The molecule has 0 bridgehead atoms. The van der Waals surface area contributed by atoms with Crippen LogP contribution in [-0.2, 0) is 28.6 Å². The minimum atomic E-state index is -0.774. The van der Waals surface area contributed by atoms with Crippen LogP contribution in [0.3, 0.4) is 0 Å². The molecule has 76 heavy (non-hydrogen) atoms. The molecule has 0 rings (SSSR count).